The Balaban J connectivity index is 1.57. The molecule has 3 rings (SSSR count). The van der Waals surface area contributed by atoms with E-state index < -0.39 is 0 Å². The summed E-state index contributed by atoms with van der Waals surface area (Å²) in [5, 5.41) is 3.34. The normalized spacial score (nSPS) is 20.0. The van der Waals surface area contributed by atoms with Crippen LogP contribution in [0.5, 0.6) is 5.75 Å². The molecule has 3 amide bonds. The maximum Gasteiger partial charge on any atom is 0.257 e. The third kappa shape index (κ3) is 5.06. The van der Waals surface area contributed by atoms with Crippen molar-refractivity contribution >= 4 is 29.3 Å². The summed E-state index contributed by atoms with van der Waals surface area (Å²) < 4.78 is 5.30. The summed E-state index contributed by atoms with van der Waals surface area (Å²) in [5.41, 5.74) is 0.440. The number of likely N-dealkylation sites (tertiary alicyclic amines) is 2. The number of benzene rings is 1. The summed E-state index contributed by atoms with van der Waals surface area (Å²) in [6, 6.07) is 5.00. The average Bonchev–Trinajstić information content (AvgIpc) is 2.78. The molecule has 30 heavy (non-hydrogen) atoms. The standard InChI is InChI=1S/C22H30ClN3O4/c1-3-24-20(27)16-5-4-10-26(14-16)21(28)15-8-11-25(12-9-15)22(29)18-13-17(23)6-7-19(18)30-2/h6-7,13,15-16H,3-5,8-12,14H2,1-2H3,(H,24,27). The van der Waals surface area contributed by atoms with Gasteiger partial charge in [-0.15, -0.1) is 0 Å². The molecule has 0 spiro atoms. The highest BCUT2D eigenvalue weighted by Gasteiger charge is 2.34. The summed E-state index contributed by atoms with van der Waals surface area (Å²) in [4.78, 5) is 41.7. The fourth-order valence-electron chi connectivity index (χ4n) is 4.32. The van der Waals surface area contributed by atoms with Gasteiger partial charge in [0.2, 0.25) is 11.8 Å². The molecule has 2 aliphatic heterocycles. The SMILES string of the molecule is CCNC(=O)C1CCCN(C(=O)C2CCN(C(=O)c3cc(Cl)ccc3OC)CC2)C1. The van der Waals surface area contributed by atoms with Gasteiger partial charge in [-0.25, -0.2) is 0 Å². The molecule has 2 aliphatic rings. The molecule has 2 fully saturated rings. The van der Waals surface area contributed by atoms with Crippen LogP contribution < -0.4 is 10.1 Å². The zero-order valence-electron chi connectivity index (χ0n) is 17.7. The molecular weight excluding hydrogens is 406 g/mol. The van der Waals surface area contributed by atoms with Gasteiger partial charge in [-0.2, -0.15) is 0 Å². The molecule has 7 nitrogen and oxygen atoms in total. The number of nitrogens with one attached hydrogen (secondary N) is 1. The summed E-state index contributed by atoms with van der Waals surface area (Å²) in [7, 11) is 1.53. The van der Waals surface area contributed by atoms with Gasteiger partial charge in [0.15, 0.2) is 0 Å². The van der Waals surface area contributed by atoms with Gasteiger partial charge < -0.3 is 19.9 Å². The fourth-order valence-corrected chi connectivity index (χ4v) is 4.49. The summed E-state index contributed by atoms with van der Waals surface area (Å²) in [6.45, 7) is 4.72. The lowest BCUT2D eigenvalue weighted by Crippen LogP contribution is -2.49. The maximum absolute atomic E-state index is 13.0. The predicted octanol–water partition coefficient (Wildman–Crippen LogP) is 2.58. The van der Waals surface area contributed by atoms with Gasteiger partial charge in [0.05, 0.1) is 18.6 Å². The van der Waals surface area contributed by atoms with Crippen molar-refractivity contribution in [2.24, 2.45) is 11.8 Å². The van der Waals surface area contributed by atoms with E-state index in [0.717, 1.165) is 12.8 Å². The molecule has 164 valence electrons. The summed E-state index contributed by atoms with van der Waals surface area (Å²) in [5.74, 6) is 0.270. The molecular formula is C22H30ClN3O4. The molecule has 0 radical (unpaired) electrons. The van der Waals surface area contributed by atoms with Crippen LogP contribution >= 0.6 is 11.6 Å². The average molecular weight is 436 g/mol. The number of nitrogens with zero attached hydrogens (tertiary/aromatic N) is 2. The monoisotopic (exact) mass is 435 g/mol. The Morgan fingerprint density at radius 1 is 1.10 bits per heavy atom. The van der Waals surface area contributed by atoms with Crippen LogP contribution in [0.4, 0.5) is 0 Å². The lowest BCUT2D eigenvalue weighted by molar-refractivity contribution is -0.140. The molecule has 1 aromatic rings. The number of ether oxygens (including phenoxy) is 1. The van der Waals surface area contributed by atoms with E-state index >= 15 is 0 Å². The molecule has 2 heterocycles. The molecule has 0 aromatic heterocycles. The van der Waals surface area contributed by atoms with Crippen molar-refractivity contribution in [3.8, 4) is 5.75 Å². The van der Waals surface area contributed by atoms with Crippen LogP contribution in [-0.2, 0) is 9.59 Å². The number of piperidine rings is 2. The Labute approximate surface area is 182 Å². The molecule has 0 aliphatic carbocycles. The van der Waals surface area contributed by atoms with Gasteiger partial charge in [-0.3, -0.25) is 14.4 Å². The Morgan fingerprint density at radius 2 is 1.83 bits per heavy atom. The highest BCUT2D eigenvalue weighted by molar-refractivity contribution is 6.31. The number of rotatable bonds is 5. The van der Waals surface area contributed by atoms with E-state index in [0.29, 0.717) is 61.9 Å². The van der Waals surface area contributed by atoms with Gasteiger partial charge in [0.1, 0.15) is 5.75 Å². The van der Waals surface area contributed by atoms with E-state index in [1.165, 1.54) is 7.11 Å². The van der Waals surface area contributed by atoms with E-state index in [1.54, 1.807) is 23.1 Å². The first-order valence-electron chi connectivity index (χ1n) is 10.6. The second-order valence-corrected chi connectivity index (χ2v) is 8.37. The van der Waals surface area contributed by atoms with E-state index in [9.17, 15) is 14.4 Å². The summed E-state index contributed by atoms with van der Waals surface area (Å²) >= 11 is 6.06. The van der Waals surface area contributed by atoms with Crippen LogP contribution in [0, 0.1) is 11.8 Å². The van der Waals surface area contributed by atoms with Crippen LogP contribution in [-0.4, -0.2) is 67.4 Å². The summed E-state index contributed by atoms with van der Waals surface area (Å²) in [6.07, 6.45) is 2.91. The van der Waals surface area contributed by atoms with Crippen molar-refractivity contribution in [3.05, 3.63) is 28.8 Å². The van der Waals surface area contributed by atoms with Crippen LogP contribution in [0.1, 0.15) is 43.0 Å². The van der Waals surface area contributed by atoms with E-state index in [2.05, 4.69) is 5.32 Å². The van der Waals surface area contributed by atoms with Crippen LogP contribution in [0.25, 0.3) is 0 Å². The van der Waals surface area contributed by atoms with Crippen molar-refractivity contribution < 1.29 is 19.1 Å². The van der Waals surface area contributed by atoms with Gasteiger partial charge in [0, 0.05) is 43.7 Å². The minimum Gasteiger partial charge on any atom is -0.496 e. The van der Waals surface area contributed by atoms with Crippen LogP contribution in [0.2, 0.25) is 5.02 Å². The van der Waals surface area contributed by atoms with E-state index in [1.807, 2.05) is 11.8 Å². The first-order chi connectivity index (χ1) is 14.4. The van der Waals surface area contributed by atoms with E-state index in [4.69, 9.17) is 16.3 Å². The number of amides is 3. The van der Waals surface area contributed by atoms with Crippen molar-refractivity contribution in [1.29, 1.82) is 0 Å². The second kappa shape index (κ2) is 10.2. The number of hydrogen-bond donors (Lipinski definition) is 1. The fraction of sp³-hybridized carbons (Fsp3) is 0.591. The molecule has 1 atom stereocenters. The Bertz CT molecular complexity index is 793. The van der Waals surface area contributed by atoms with Gasteiger partial charge >= 0.3 is 0 Å². The quantitative estimate of drug-likeness (QED) is 0.770. The largest absolute Gasteiger partial charge is 0.496 e. The predicted molar refractivity (Wildman–Crippen MR) is 115 cm³/mol. The van der Waals surface area contributed by atoms with Crippen LogP contribution in [0.15, 0.2) is 18.2 Å². The molecule has 2 saturated heterocycles. The lowest BCUT2D eigenvalue weighted by Gasteiger charge is -2.37. The number of methoxy groups -OCH3 is 1. The number of hydrogen-bond acceptors (Lipinski definition) is 4. The molecule has 1 aromatic carbocycles. The van der Waals surface area contributed by atoms with Gasteiger partial charge in [-0.05, 0) is 50.8 Å². The molecule has 0 saturated carbocycles. The minimum atomic E-state index is -0.130. The Morgan fingerprint density at radius 3 is 2.50 bits per heavy atom. The smallest absolute Gasteiger partial charge is 0.257 e. The lowest BCUT2D eigenvalue weighted by atomic mass is 9.91. The molecule has 1 unspecified atom stereocenters. The molecule has 8 heteroatoms. The number of carbonyl (C=O) groups is 3. The third-order valence-corrected chi connectivity index (χ3v) is 6.21. The topological polar surface area (TPSA) is 79.0 Å². The zero-order valence-corrected chi connectivity index (χ0v) is 18.4. The molecule has 0 bridgehead atoms. The first kappa shape index (κ1) is 22.4. The Hall–Kier alpha value is -2.28. The van der Waals surface area contributed by atoms with Crippen molar-refractivity contribution in [2.45, 2.75) is 32.6 Å². The number of carbonyl (C=O) groups excluding carboxylic acids is 3. The maximum atomic E-state index is 13.0. The van der Waals surface area contributed by atoms with Crippen molar-refractivity contribution in [2.75, 3.05) is 39.8 Å². The highest BCUT2D eigenvalue weighted by Crippen LogP contribution is 2.28. The first-order valence-corrected chi connectivity index (χ1v) is 11.0. The van der Waals surface area contributed by atoms with Crippen molar-refractivity contribution in [1.82, 2.24) is 15.1 Å². The minimum absolute atomic E-state index is 0.0332. The van der Waals surface area contributed by atoms with Crippen LogP contribution in [0.3, 0.4) is 0 Å². The third-order valence-electron chi connectivity index (χ3n) is 5.98. The second-order valence-electron chi connectivity index (χ2n) is 7.93. The highest BCUT2D eigenvalue weighted by atomic mass is 35.5. The van der Waals surface area contributed by atoms with Crippen molar-refractivity contribution in [3.63, 3.8) is 0 Å². The Kier molecular flexibility index (Phi) is 7.58. The number of halogens is 1. The van der Waals surface area contributed by atoms with Gasteiger partial charge in [-0.1, -0.05) is 11.6 Å². The zero-order chi connectivity index (χ0) is 21.7. The van der Waals surface area contributed by atoms with E-state index in [-0.39, 0.29) is 29.6 Å². The molecule has 1 N–H and O–H groups in total. The van der Waals surface area contributed by atoms with Gasteiger partial charge in [0.25, 0.3) is 5.91 Å².